The highest BCUT2D eigenvalue weighted by Gasteiger charge is 2.10. The van der Waals surface area contributed by atoms with Crippen molar-refractivity contribution in [2.75, 3.05) is 11.9 Å². The van der Waals surface area contributed by atoms with Gasteiger partial charge in [0, 0.05) is 24.2 Å². The summed E-state index contributed by atoms with van der Waals surface area (Å²) in [5, 5.41) is 6.17. The van der Waals surface area contributed by atoms with Crippen molar-refractivity contribution in [2.45, 2.75) is 46.6 Å². The summed E-state index contributed by atoms with van der Waals surface area (Å²) >= 11 is 0. The van der Waals surface area contributed by atoms with E-state index in [1.165, 1.54) is 0 Å². The molecule has 2 N–H and O–H groups in total. The van der Waals surface area contributed by atoms with E-state index in [-0.39, 0.29) is 11.4 Å². The number of rotatable bonds is 4. The Morgan fingerprint density at radius 2 is 1.94 bits per heavy atom. The molecule has 0 saturated carbocycles. The third-order valence-corrected chi connectivity index (χ3v) is 2.51. The van der Waals surface area contributed by atoms with Crippen molar-refractivity contribution in [3.05, 3.63) is 23.5 Å². The first kappa shape index (κ1) is 14.6. The van der Waals surface area contributed by atoms with Crippen molar-refractivity contribution < 1.29 is 4.79 Å². The number of aromatic nitrogens is 1. The van der Waals surface area contributed by atoms with Gasteiger partial charge in [0.15, 0.2) is 0 Å². The van der Waals surface area contributed by atoms with Crippen molar-refractivity contribution in [1.82, 2.24) is 10.3 Å². The average Bonchev–Trinajstić information content (AvgIpc) is 2.20. The third-order valence-electron chi connectivity index (χ3n) is 2.51. The van der Waals surface area contributed by atoms with E-state index in [1.54, 1.807) is 0 Å². The van der Waals surface area contributed by atoms with Crippen molar-refractivity contribution in [2.24, 2.45) is 0 Å². The number of amides is 1. The zero-order valence-corrected chi connectivity index (χ0v) is 11.9. The number of carbonyl (C=O) groups excluding carboxylic acids is 1. The number of anilines is 1. The lowest BCUT2D eigenvalue weighted by Crippen LogP contribution is -2.37. The van der Waals surface area contributed by atoms with Crippen LogP contribution in [-0.4, -0.2) is 23.0 Å². The molecule has 0 fully saturated rings. The Labute approximate surface area is 109 Å². The van der Waals surface area contributed by atoms with E-state index >= 15 is 0 Å². The Morgan fingerprint density at radius 1 is 1.28 bits per heavy atom. The van der Waals surface area contributed by atoms with Crippen molar-refractivity contribution >= 4 is 11.6 Å². The Hall–Kier alpha value is -1.42. The first-order valence-corrected chi connectivity index (χ1v) is 6.27. The van der Waals surface area contributed by atoms with E-state index in [9.17, 15) is 4.79 Å². The van der Waals surface area contributed by atoms with Crippen LogP contribution in [-0.2, 0) is 4.79 Å². The highest BCUT2D eigenvalue weighted by Crippen LogP contribution is 2.12. The topological polar surface area (TPSA) is 54.0 Å². The molecular formula is C14H23N3O. The molecule has 0 unspecified atom stereocenters. The molecule has 18 heavy (non-hydrogen) atoms. The van der Waals surface area contributed by atoms with Gasteiger partial charge in [-0.15, -0.1) is 0 Å². The van der Waals surface area contributed by atoms with E-state index < -0.39 is 0 Å². The molecule has 4 nitrogen and oxygen atoms in total. The van der Waals surface area contributed by atoms with E-state index in [2.05, 4.69) is 36.4 Å². The standard InChI is InChI=1S/C14H23N3O/c1-10-6-7-12(11(2)16-10)17-13(18)8-9-15-14(3,4)5/h6-7,15H,8-9H2,1-5H3,(H,17,18). The van der Waals surface area contributed by atoms with Crippen LogP contribution >= 0.6 is 0 Å². The van der Waals surface area contributed by atoms with Gasteiger partial charge in [0.1, 0.15) is 0 Å². The summed E-state index contributed by atoms with van der Waals surface area (Å²) in [5.74, 6) is 0.0144. The number of pyridine rings is 1. The summed E-state index contributed by atoms with van der Waals surface area (Å²) in [4.78, 5) is 16.1. The van der Waals surface area contributed by atoms with Gasteiger partial charge in [-0.3, -0.25) is 9.78 Å². The fourth-order valence-electron chi connectivity index (χ4n) is 1.58. The van der Waals surface area contributed by atoms with E-state index in [0.29, 0.717) is 13.0 Å². The van der Waals surface area contributed by atoms with Gasteiger partial charge in [-0.2, -0.15) is 0 Å². The molecule has 0 atom stereocenters. The van der Waals surface area contributed by atoms with Gasteiger partial charge in [0.05, 0.1) is 11.4 Å². The Bertz CT molecular complexity index is 422. The van der Waals surface area contributed by atoms with Crippen LogP contribution in [0.4, 0.5) is 5.69 Å². The summed E-state index contributed by atoms with van der Waals surface area (Å²) in [7, 11) is 0. The highest BCUT2D eigenvalue weighted by molar-refractivity contribution is 5.91. The van der Waals surface area contributed by atoms with Gasteiger partial charge in [0.2, 0.25) is 5.91 Å². The fraction of sp³-hybridized carbons (Fsp3) is 0.571. The molecule has 1 aromatic heterocycles. The molecule has 1 aromatic rings. The van der Waals surface area contributed by atoms with Gasteiger partial charge < -0.3 is 10.6 Å². The number of carbonyl (C=O) groups is 1. The molecule has 0 saturated heterocycles. The maximum absolute atomic E-state index is 11.8. The fourth-order valence-corrected chi connectivity index (χ4v) is 1.58. The lowest BCUT2D eigenvalue weighted by Gasteiger charge is -2.20. The summed E-state index contributed by atoms with van der Waals surface area (Å²) in [6, 6.07) is 3.79. The minimum Gasteiger partial charge on any atom is -0.324 e. The lowest BCUT2D eigenvalue weighted by atomic mass is 10.1. The molecule has 100 valence electrons. The van der Waals surface area contributed by atoms with Crippen LogP contribution in [0.15, 0.2) is 12.1 Å². The Balaban J connectivity index is 2.45. The number of nitrogens with one attached hydrogen (secondary N) is 2. The van der Waals surface area contributed by atoms with Crippen molar-refractivity contribution in [3.63, 3.8) is 0 Å². The second kappa shape index (κ2) is 5.96. The lowest BCUT2D eigenvalue weighted by molar-refractivity contribution is -0.116. The molecule has 0 radical (unpaired) electrons. The van der Waals surface area contributed by atoms with Crippen LogP contribution in [0.2, 0.25) is 0 Å². The maximum Gasteiger partial charge on any atom is 0.225 e. The van der Waals surface area contributed by atoms with Gasteiger partial charge >= 0.3 is 0 Å². The van der Waals surface area contributed by atoms with Crippen molar-refractivity contribution in [3.8, 4) is 0 Å². The minimum atomic E-state index is 0.0144. The summed E-state index contributed by atoms with van der Waals surface area (Å²) < 4.78 is 0. The Kier molecular flexibility index (Phi) is 4.84. The minimum absolute atomic E-state index is 0.0144. The van der Waals surface area contributed by atoms with Crippen LogP contribution in [0.5, 0.6) is 0 Å². The molecular weight excluding hydrogens is 226 g/mol. The largest absolute Gasteiger partial charge is 0.324 e. The van der Waals surface area contributed by atoms with E-state index in [0.717, 1.165) is 17.1 Å². The second-order valence-electron chi connectivity index (χ2n) is 5.56. The first-order chi connectivity index (χ1) is 8.28. The van der Waals surface area contributed by atoms with Crippen LogP contribution in [0.25, 0.3) is 0 Å². The quantitative estimate of drug-likeness (QED) is 0.861. The summed E-state index contributed by atoms with van der Waals surface area (Å²) in [5.41, 5.74) is 2.65. The maximum atomic E-state index is 11.8. The zero-order chi connectivity index (χ0) is 13.8. The van der Waals surface area contributed by atoms with Crippen LogP contribution < -0.4 is 10.6 Å². The van der Waals surface area contributed by atoms with Gasteiger partial charge in [-0.05, 0) is 46.8 Å². The molecule has 0 aliphatic rings. The molecule has 0 aromatic carbocycles. The number of hydrogen-bond acceptors (Lipinski definition) is 3. The third kappa shape index (κ3) is 5.27. The average molecular weight is 249 g/mol. The van der Waals surface area contributed by atoms with E-state index in [1.807, 2.05) is 26.0 Å². The molecule has 0 aliphatic heterocycles. The molecule has 0 bridgehead atoms. The van der Waals surface area contributed by atoms with Crippen molar-refractivity contribution in [1.29, 1.82) is 0 Å². The molecule has 1 rings (SSSR count). The number of aryl methyl sites for hydroxylation is 2. The Morgan fingerprint density at radius 3 is 2.50 bits per heavy atom. The van der Waals surface area contributed by atoms with Gasteiger partial charge in [-0.1, -0.05) is 0 Å². The molecule has 1 heterocycles. The second-order valence-corrected chi connectivity index (χ2v) is 5.56. The predicted octanol–water partition coefficient (Wildman–Crippen LogP) is 2.42. The van der Waals surface area contributed by atoms with Gasteiger partial charge in [-0.25, -0.2) is 0 Å². The highest BCUT2D eigenvalue weighted by atomic mass is 16.1. The monoisotopic (exact) mass is 249 g/mol. The zero-order valence-electron chi connectivity index (χ0n) is 11.9. The molecule has 0 spiro atoms. The number of nitrogens with zero attached hydrogens (tertiary/aromatic N) is 1. The predicted molar refractivity (Wildman–Crippen MR) is 74.7 cm³/mol. The first-order valence-electron chi connectivity index (χ1n) is 6.27. The molecule has 1 amide bonds. The van der Waals surface area contributed by atoms with Gasteiger partial charge in [0.25, 0.3) is 0 Å². The number of hydrogen-bond donors (Lipinski definition) is 2. The summed E-state index contributed by atoms with van der Waals surface area (Å²) in [6.45, 7) is 10.8. The van der Waals surface area contributed by atoms with Crippen LogP contribution in [0.1, 0.15) is 38.6 Å². The molecule has 4 heteroatoms. The smallest absolute Gasteiger partial charge is 0.225 e. The van der Waals surface area contributed by atoms with Crippen LogP contribution in [0, 0.1) is 13.8 Å². The molecule has 0 aliphatic carbocycles. The normalized spacial score (nSPS) is 11.4. The SMILES string of the molecule is Cc1ccc(NC(=O)CCNC(C)(C)C)c(C)n1. The van der Waals surface area contributed by atoms with E-state index in [4.69, 9.17) is 0 Å². The van der Waals surface area contributed by atoms with Crippen LogP contribution in [0.3, 0.4) is 0 Å². The summed E-state index contributed by atoms with van der Waals surface area (Å²) in [6.07, 6.45) is 0.463.